The number of fused-ring (bicyclic) bond motifs is 1. The number of carbonyl (C=O) groups is 1. The van der Waals surface area contributed by atoms with Gasteiger partial charge in [0.1, 0.15) is 10.5 Å². The quantitative estimate of drug-likeness (QED) is 0.597. The van der Waals surface area contributed by atoms with Crippen LogP contribution in [0, 0.1) is 0 Å². The molecule has 1 N–H and O–H groups in total. The maximum absolute atomic E-state index is 13.0. The first kappa shape index (κ1) is 20.6. The number of nitrogens with zero attached hydrogens (tertiary/aromatic N) is 1. The molecule has 1 aromatic heterocycles. The Morgan fingerprint density at radius 2 is 1.86 bits per heavy atom. The summed E-state index contributed by atoms with van der Waals surface area (Å²) < 4.78 is 33.6. The van der Waals surface area contributed by atoms with Crippen LogP contribution in [0.25, 0.3) is 11.0 Å². The highest BCUT2D eigenvalue weighted by atomic mass is 32.2. The van der Waals surface area contributed by atoms with E-state index >= 15 is 0 Å². The molecule has 0 atom stereocenters. The van der Waals surface area contributed by atoms with Crippen molar-refractivity contribution in [1.29, 1.82) is 0 Å². The summed E-state index contributed by atoms with van der Waals surface area (Å²) >= 11 is 0. The van der Waals surface area contributed by atoms with Crippen molar-refractivity contribution in [2.24, 2.45) is 0 Å². The van der Waals surface area contributed by atoms with Gasteiger partial charge in [0.05, 0.1) is 5.56 Å². The number of rotatable bonds is 7. The lowest BCUT2D eigenvalue weighted by Gasteiger charge is -2.19. The van der Waals surface area contributed by atoms with Crippen molar-refractivity contribution in [3.05, 3.63) is 70.6 Å². The van der Waals surface area contributed by atoms with E-state index in [1.807, 2.05) is 6.92 Å². The van der Waals surface area contributed by atoms with Gasteiger partial charge in [0.2, 0.25) is 0 Å². The molecule has 3 aromatic rings. The van der Waals surface area contributed by atoms with Crippen molar-refractivity contribution < 1.29 is 17.6 Å². The summed E-state index contributed by atoms with van der Waals surface area (Å²) in [6.45, 7) is 2.57. The fourth-order valence-electron chi connectivity index (χ4n) is 2.93. The SMILES string of the molecule is CCCCN(C)C(=O)c1ccccc1S(=O)(=O)Nc1ccc2oc(=O)ccc2c1. The van der Waals surface area contributed by atoms with Crippen molar-refractivity contribution >= 4 is 32.6 Å². The Labute approximate surface area is 169 Å². The number of benzene rings is 2. The van der Waals surface area contributed by atoms with E-state index < -0.39 is 15.6 Å². The van der Waals surface area contributed by atoms with Crippen LogP contribution in [0.4, 0.5) is 5.69 Å². The molecule has 1 amide bonds. The topological polar surface area (TPSA) is 96.7 Å². The van der Waals surface area contributed by atoms with E-state index in [-0.39, 0.29) is 16.4 Å². The summed E-state index contributed by atoms with van der Waals surface area (Å²) in [4.78, 5) is 25.5. The highest BCUT2D eigenvalue weighted by Crippen LogP contribution is 2.23. The third-order valence-corrected chi connectivity index (χ3v) is 5.91. The van der Waals surface area contributed by atoms with Gasteiger partial charge in [0.25, 0.3) is 15.9 Å². The molecule has 3 rings (SSSR count). The van der Waals surface area contributed by atoms with E-state index in [4.69, 9.17) is 4.42 Å². The molecule has 7 nitrogen and oxygen atoms in total. The van der Waals surface area contributed by atoms with Crippen LogP contribution in [0.15, 0.2) is 68.7 Å². The van der Waals surface area contributed by atoms with Gasteiger partial charge in [0.15, 0.2) is 0 Å². The first-order valence-electron chi connectivity index (χ1n) is 9.23. The van der Waals surface area contributed by atoms with Crippen molar-refractivity contribution in [3.8, 4) is 0 Å². The second kappa shape index (κ2) is 8.48. The van der Waals surface area contributed by atoms with E-state index in [1.165, 1.54) is 35.2 Å². The highest BCUT2D eigenvalue weighted by molar-refractivity contribution is 7.92. The normalized spacial score (nSPS) is 11.4. The number of hydrogen-bond donors (Lipinski definition) is 1. The fraction of sp³-hybridized carbons (Fsp3) is 0.238. The molecular weight excluding hydrogens is 392 g/mol. The number of nitrogens with one attached hydrogen (secondary N) is 1. The molecular formula is C21H22N2O5S. The smallest absolute Gasteiger partial charge is 0.336 e. The zero-order valence-corrected chi connectivity index (χ0v) is 17.0. The summed E-state index contributed by atoms with van der Waals surface area (Å²) in [5.41, 5.74) is 0.289. The predicted molar refractivity (Wildman–Crippen MR) is 112 cm³/mol. The Balaban J connectivity index is 1.93. The molecule has 0 aliphatic rings. The third kappa shape index (κ3) is 4.65. The molecule has 0 aliphatic carbocycles. The maximum atomic E-state index is 13.0. The van der Waals surface area contributed by atoms with Crippen molar-refractivity contribution in [2.45, 2.75) is 24.7 Å². The lowest BCUT2D eigenvalue weighted by atomic mass is 10.2. The Bertz CT molecular complexity index is 1200. The minimum absolute atomic E-state index is 0.0898. The van der Waals surface area contributed by atoms with E-state index in [2.05, 4.69) is 4.72 Å². The lowest BCUT2D eigenvalue weighted by Crippen LogP contribution is -2.29. The van der Waals surface area contributed by atoms with E-state index in [0.29, 0.717) is 23.2 Å². The molecule has 0 aliphatic heterocycles. The van der Waals surface area contributed by atoms with Gasteiger partial charge in [-0.05, 0) is 42.8 Å². The average molecular weight is 414 g/mol. The second-order valence-corrected chi connectivity index (χ2v) is 8.34. The van der Waals surface area contributed by atoms with Crippen LogP contribution in [0.5, 0.6) is 0 Å². The molecule has 0 unspecified atom stereocenters. The van der Waals surface area contributed by atoms with Crippen LogP contribution >= 0.6 is 0 Å². The monoisotopic (exact) mass is 414 g/mol. The van der Waals surface area contributed by atoms with Crippen molar-refractivity contribution in [1.82, 2.24) is 4.90 Å². The molecule has 0 saturated carbocycles. The molecule has 29 heavy (non-hydrogen) atoms. The second-order valence-electron chi connectivity index (χ2n) is 6.69. The van der Waals surface area contributed by atoms with E-state index in [9.17, 15) is 18.0 Å². The predicted octanol–water partition coefficient (Wildman–Crippen LogP) is 3.47. The number of anilines is 1. The molecule has 0 radical (unpaired) electrons. The van der Waals surface area contributed by atoms with Crippen LogP contribution in [0.1, 0.15) is 30.1 Å². The molecule has 0 fully saturated rings. The first-order chi connectivity index (χ1) is 13.8. The number of unbranched alkanes of at least 4 members (excludes halogenated alkanes) is 1. The van der Waals surface area contributed by atoms with Gasteiger partial charge in [-0.1, -0.05) is 25.5 Å². The summed E-state index contributed by atoms with van der Waals surface area (Å²) in [6.07, 6.45) is 1.77. The summed E-state index contributed by atoms with van der Waals surface area (Å²) in [5, 5.41) is 0.577. The van der Waals surface area contributed by atoms with Crippen molar-refractivity contribution in [2.75, 3.05) is 18.3 Å². The first-order valence-corrected chi connectivity index (χ1v) is 10.7. The minimum atomic E-state index is -4.01. The van der Waals surface area contributed by atoms with Crippen LogP contribution < -0.4 is 10.3 Å². The molecule has 2 aromatic carbocycles. The third-order valence-electron chi connectivity index (χ3n) is 4.47. The zero-order valence-electron chi connectivity index (χ0n) is 16.2. The largest absolute Gasteiger partial charge is 0.423 e. The van der Waals surface area contributed by atoms with Crippen LogP contribution in [-0.4, -0.2) is 32.8 Å². The number of carbonyl (C=O) groups excluding carboxylic acids is 1. The minimum Gasteiger partial charge on any atom is -0.423 e. The van der Waals surface area contributed by atoms with Gasteiger partial charge in [0, 0.05) is 30.7 Å². The van der Waals surface area contributed by atoms with Gasteiger partial charge in [-0.3, -0.25) is 9.52 Å². The Hall–Kier alpha value is -3.13. The van der Waals surface area contributed by atoms with Crippen LogP contribution in [0.2, 0.25) is 0 Å². The van der Waals surface area contributed by atoms with Gasteiger partial charge in [-0.2, -0.15) is 0 Å². The Morgan fingerprint density at radius 3 is 2.62 bits per heavy atom. The molecule has 0 saturated heterocycles. The van der Waals surface area contributed by atoms with Gasteiger partial charge < -0.3 is 9.32 Å². The summed E-state index contributed by atoms with van der Waals surface area (Å²) in [6, 6.07) is 13.5. The summed E-state index contributed by atoms with van der Waals surface area (Å²) in [5.74, 6) is -0.347. The molecule has 0 bridgehead atoms. The molecule has 152 valence electrons. The Kier molecular flexibility index (Phi) is 6.03. The van der Waals surface area contributed by atoms with E-state index in [0.717, 1.165) is 12.8 Å². The van der Waals surface area contributed by atoms with Gasteiger partial charge in [-0.25, -0.2) is 13.2 Å². The standard InChI is InChI=1S/C21H22N2O5S/c1-3-4-13-23(2)21(25)17-7-5-6-8-19(17)29(26,27)22-16-10-11-18-15(14-16)9-12-20(24)28-18/h5-12,14,22H,3-4,13H2,1-2H3. The zero-order chi connectivity index (χ0) is 21.0. The van der Waals surface area contributed by atoms with Crippen molar-refractivity contribution in [3.63, 3.8) is 0 Å². The molecule has 0 spiro atoms. The Morgan fingerprint density at radius 1 is 1.10 bits per heavy atom. The van der Waals surface area contributed by atoms with Gasteiger partial charge >= 0.3 is 5.63 Å². The van der Waals surface area contributed by atoms with E-state index in [1.54, 1.807) is 31.3 Å². The van der Waals surface area contributed by atoms with Crippen LogP contribution in [0.3, 0.4) is 0 Å². The lowest BCUT2D eigenvalue weighted by molar-refractivity contribution is 0.0789. The fourth-order valence-corrected chi connectivity index (χ4v) is 4.18. The number of sulfonamides is 1. The average Bonchev–Trinajstić information content (AvgIpc) is 2.71. The highest BCUT2D eigenvalue weighted by Gasteiger charge is 2.24. The number of hydrogen-bond acceptors (Lipinski definition) is 5. The van der Waals surface area contributed by atoms with Gasteiger partial charge in [-0.15, -0.1) is 0 Å². The van der Waals surface area contributed by atoms with Crippen LogP contribution in [-0.2, 0) is 10.0 Å². The number of amides is 1. The summed E-state index contributed by atoms with van der Waals surface area (Å²) in [7, 11) is -2.35. The maximum Gasteiger partial charge on any atom is 0.336 e. The molecule has 1 heterocycles. The molecule has 8 heteroatoms.